The quantitative estimate of drug-likeness (QED) is 0.709. The zero-order chi connectivity index (χ0) is 11.1. The van der Waals surface area contributed by atoms with Crippen LogP contribution < -0.4 is 11.2 Å². The van der Waals surface area contributed by atoms with E-state index >= 15 is 0 Å². The van der Waals surface area contributed by atoms with E-state index in [0.29, 0.717) is 6.71 Å². The van der Waals surface area contributed by atoms with Crippen LogP contribution in [0.1, 0.15) is 11.1 Å². The highest BCUT2D eigenvalue weighted by Crippen LogP contribution is 2.07. The Morgan fingerprint density at radius 3 is 2.21 bits per heavy atom. The van der Waals surface area contributed by atoms with Crippen molar-refractivity contribution in [2.24, 2.45) is 5.73 Å². The molecular weight excluding hydrogens is 169 g/mol. The highest BCUT2D eigenvalue weighted by Gasteiger charge is 2.07. The van der Waals surface area contributed by atoms with E-state index in [1.165, 1.54) is 23.6 Å². The molecule has 1 nitrogen and oxygen atoms in total. The average Bonchev–Trinajstić information content (AvgIpc) is 2.20. The van der Waals surface area contributed by atoms with E-state index in [9.17, 15) is 0 Å². The Bertz CT molecular complexity index is 292. The largest absolute Gasteiger partial charge is 0.333 e. The Labute approximate surface area is 88.1 Å². The van der Waals surface area contributed by atoms with Gasteiger partial charge in [0.2, 0.25) is 0 Å². The van der Waals surface area contributed by atoms with Crippen molar-refractivity contribution in [3.05, 3.63) is 35.9 Å². The second-order valence-corrected chi connectivity index (χ2v) is 3.44. The Balaban J connectivity index is 0.000000791. The van der Waals surface area contributed by atoms with Crippen LogP contribution in [0.3, 0.4) is 0 Å². The van der Waals surface area contributed by atoms with E-state index < -0.39 is 0 Å². The van der Waals surface area contributed by atoms with Gasteiger partial charge in [0.25, 0.3) is 0 Å². The van der Waals surface area contributed by atoms with Crippen LogP contribution >= 0.6 is 0 Å². The summed E-state index contributed by atoms with van der Waals surface area (Å²) in [4.78, 5) is 0. The number of hydrogen-bond acceptors (Lipinski definition) is 1. The SMILES string of the molecule is C=Cc1c(C)cccc1B(C)C.CN. The van der Waals surface area contributed by atoms with Gasteiger partial charge >= 0.3 is 0 Å². The van der Waals surface area contributed by atoms with Gasteiger partial charge in [-0.2, -0.15) is 0 Å². The molecule has 0 aliphatic rings. The summed E-state index contributed by atoms with van der Waals surface area (Å²) in [6.07, 6.45) is 1.95. The van der Waals surface area contributed by atoms with Crippen molar-refractivity contribution in [3.63, 3.8) is 0 Å². The lowest BCUT2D eigenvalue weighted by Gasteiger charge is -2.09. The van der Waals surface area contributed by atoms with E-state index in [1.54, 1.807) is 0 Å². The summed E-state index contributed by atoms with van der Waals surface area (Å²) < 4.78 is 0. The van der Waals surface area contributed by atoms with E-state index in [0.717, 1.165) is 0 Å². The molecule has 0 unspecified atom stereocenters. The lowest BCUT2D eigenvalue weighted by atomic mass is 9.48. The molecule has 0 amide bonds. The third-order valence-electron chi connectivity index (χ3n) is 2.18. The number of rotatable bonds is 2. The van der Waals surface area contributed by atoms with Crippen LogP contribution in [0.4, 0.5) is 0 Å². The molecule has 14 heavy (non-hydrogen) atoms. The second kappa shape index (κ2) is 6.44. The Hall–Kier alpha value is -1.02. The van der Waals surface area contributed by atoms with Crippen molar-refractivity contribution in [2.45, 2.75) is 20.6 Å². The van der Waals surface area contributed by atoms with Crippen LogP contribution in [0, 0.1) is 6.92 Å². The molecule has 0 fully saturated rings. The molecule has 0 aromatic heterocycles. The van der Waals surface area contributed by atoms with Gasteiger partial charge in [-0.25, -0.2) is 0 Å². The van der Waals surface area contributed by atoms with Gasteiger partial charge in [-0.05, 0) is 25.1 Å². The second-order valence-electron chi connectivity index (χ2n) is 3.44. The smallest absolute Gasteiger partial charge is 0.170 e. The first-order chi connectivity index (χ1) is 6.66. The zero-order valence-corrected chi connectivity index (χ0v) is 9.67. The number of hydrogen-bond donors (Lipinski definition) is 1. The average molecular weight is 189 g/mol. The fourth-order valence-corrected chi connectivity index (χ4v) is 1.49. The van der Waals surface area contributed by atoms with Crippen molar-refractivity contribution in [1.29, 1.82) is 0 Å². The van der Waals surface area contributed by atoms with E-state index in [2.05, 4.69) is 51.1 Å². The van der Waals surface area contributed by atoms with Crippen LogP contribution in [0.5, 0.6) is 0 Å². The summed E-state index contributed by atoms with van der Waals surface area (Å²) in [6, 6.07) is 6.41. The molecule has 0 bridgehead atoms. The molecule has 0 atom stereocenters. The van der Waals surface area contributed by atoms with Gasteiger partial charge in [-0.15, -0.1) is 0 Å². The molecular formula is C12H20BN. The van der Waals surface area contributed by atoms with Crippen LogP contribution in [0.2, 0.25) is 13.6 Å². The molecule has 0 aliphatic carbocycles. The van der Waals surface area contributed by atoms with Gasteiger partial charge in [0.1, 0.15) is 0 Å². The predicted molar refractivity (Wildman–Crippen MR) is 68.5 cm³/mol. The van der Waals surface area contributed by atoms with E-state index in [1.807, 2.05) is 6.08 Å². The number of nitrogens with two attached hydrogens (primary N) is 1. The molecule has 0 aliphatic heterocycles. The lowest BCUT2D eigenvalue weighted by Crippen LogP contribution is -2.25. The fourth-order valence-electron chi connectivity index (χ4n) is 1.49. The summed E-state index contributed by atoms with van der Waals surface area (Å²) in [5, 5.41) is 0. The third-order valence-corrected chi connectivity index (χ3v) is 2.18. The van der Waals surface area contributed by atoms with Crippen molar-refractivity contribution < 1.29 is 0 Å². The van der Waals surface area contributed by atoms with Crippen LogP contribution in [0.15, 0.2) is 24.8 Å². The van der Waals surface area contributed by atoms with Crippen molar-refractivity contribution >= 4 is 18.3 Å². The predicted octanol–water partition coefficient (Wildman–Crippen LogP) is 2.17. The first-order valence-electron chi connectivity index (χ1n) is 4.96. The normalized spacial score (nSPS) is 8.64. The van der Waals surface area contributed by atoms with Crippen LogP contribution in [0.25, 0.3) is 6.08 Å². The molecule has 1 rings (SSSR count). The molecule has 0 heterocycles. The Kier molecular flexibility index (Phi) is 5.97. The van der Waals surface area contributed by atoms with Crippen LogP contribution in [-0.4, -0.2) is 13.8 Å². The standard InChI is InChI=1S/C11H15B.CH5N/c1-5-10-9(2)7-6-8-11(10)12(3)4;1-2/h5-8H,1H2,2-4H3;2H2,1H3. The molecule has 0 spiro atoms. The highest BCUT2D eigenvalue weighted by atomic mass is 14.4. The Morgan fingerprint density at radius 1 is 1.29 bits per heavy atom. The minimum Gasteiger partial charge on any atom is -0.333 e. The van der Waals surface area contributed by atoms with Gasteiger partial charge in [0.05, 0.1) is 0 Å². The zero-order valence-electron chi connectivity index (χ0n) is 9.67. The summed E-state index contributed by atoms with van der Waals surface area (Å²) in [5.74, 6) is 0. The summed E-state index contributed by atoms with van der Waals surface area (Å²) in [6.45, 7) is 11.0. The maximum absolute atomic E-state index is 4.50. The molecule has 1 aromatic rings. The topological polar surface area (TPSA) is 26.0 Å². The molecule has 2 N–H and O–H groups in total. The van der Waals surface area contributed by atoms with E-state index in [-0.39, 0.29) is 0 Å². The maximum atomic E-state index is 4.50. The van der Waals surface area contributed by atoms with Gasteiger partial charge in [-0.1, -0.05) is 50.0 Å². The highest BCUT2D eigenvalue weighted by molar-refractivity contribution is 6.71. The number of benzene rings is 1. The van der Waals surface area contributed by atoms with Crippen LogP contribution in [-0.2, 0) is 0 Å². The van der Waals surface area contributed by atoms with Crippen molar-refractivity contribution in [3.8, 4) is 0 Å². The fraction of sp³-hybridized carbons (Fsp3) is 0.333. The van der Waals surface area contributed by atoms with Crippen molar-refractivity contribution in [2.75, 3.05) is 7.05 Å². The number of aryl methyl sites for hydroxylation is 1. The van der Waals surface area contributed by atoms with Gasteiger partial charge in [0.15, 0.2) is 6.71 Å². The first kappa shape index (κ1) is 13.0. The summed E-state index contributed by atoms with van der Waals surface area (Å²) in [5.41, 5.74) is 8.51. The minimum atomic E-state index is 0.581. The van der Waals surface area contributed by atoms with Gasteiger partial charge in [0, 0.05) is 0 Å². The molecule has 2 heteroatoms. The first-order valence-corrected chi connectivity index (χ1v) is 4.96. The van der Waals surface area contributed by atoms with Crippen molar-refractivity contribution in [1.82, 2.24) is 0 Å². The third kappa shape index (κ3) is 3.04. The Morgan fingerprint density at radius 2 is 1.86 bits per heavy atom. The molecule has 76 valence electrons. The summed E-state index contributed by atoms with van der Waals surface area (Å²) in [7, 11) is 1.50. The van der Waals surface area contributed by atoms with Gasteiger partial charge in [-0.3, -0.25) is 0 Å². The summed E-state index contributed by atoms with van der Waals surface area (Å²) >= 11 is 0. The van der Waals surface area contributed by atoms with Gasteiger partial charge < -0.3 is 5.73 Å². The molecule has 0 saturated carbocycles. The minimum absolute atomic E-state index is 0.581. The maximum Gasteiger partial charge on any atom is 0.170 e. The molecule has 1 aromatic carbocycles. The monoisotopic (exact) mass is 189 g/mol. The molecule has 0 saturated heterocycles. The lowest BCUT2D eigenvalue weighted by molar-refractivity contribution is 1.46. The van der Waals surface area contributed by atoms with E-state index in [4.69, 9.17) is 0 Å². The molecule has 0 radical (unpaired) electrons.